The summed E-state index contributed by atoms with van der Waals surface area (Å²) in [6.07, 6.45) is 4.12. The van der Waals surface area contributed by atoms with Crippen LogP contribution in [0.1, 0.15) is 46.5 Å². The Hall–Kier alpha value is -1.26. The molecule has 5 nitrogen and oxygen atoms in total. The quantitative estimate of drug-likeness (QED) is 0.663. The predicted octanol–water partition coefficient (Wildman–Crippen LogP) is 2.22. The molecule has 2 amide bonds. The maximum absolute atomic E-state index is 11.5. The smallest absolute Gasteiger partial charge is 0.314 e. The average Bonchev–Trinajstić information content (AvgIpc) is 3.06. The zero-order chi connectivity index (χ0) is 14.5. The topological polar surface area (TPSA) is 78.4 Å². The molecule has 0 radical (unpaired) electrons. The lowest BCUT2D eigenvalue weighted by molar-refractivity contribution is -0.142. The van der Waals surface area contributed by atoms with Gasteiger partial charge in [0.05, 0.1) is 5.92 Å². The SMILES string of the molecule is CC(C)(C)CC(CNC(=O)NCCC1CC1)C(=O)O. The van der Waals surface area contributed by atoms with Crippen LogP contribution in [-0.2, 0) is 4.79 Å². The second-order valence-corrected chi connectivity index (χ2v) is 6.67. The van der Waals surface area contributed by atoms with Crippen LogP contribution < -0.4 is 10.6 Å². The minimum Gasteiger partial charge on any atom is -0.481 e. The largest absolute Gasteiger partial charge is 0.481 e. The minimum atomic E-state index is -0.854. The molecule has 0 aromatic heterocycles. The summed E-state index contributed by atoms with van der Waals surface area (Å²) in [5.41, 5.74) is -0.0623. The van der Waals surface area contributed by atoms with Crippen molar-refractivity contribution in [3.63, 3.8) is 0 Å². The third-order valence-corrected chi connectivity index (χ3v) is 3.25. The van der Waals surface area contributed by atoms with Crippen molar-refractivity contribution < 1.29 is 14.7 Å². The van der Waals surface area contributed by atoms with Crippen molar-refractivity contribution in [3.8, 4) is 0 Å². The number of amides is 2. The first-order valence-corrected chi connectivity index (χ1v) is 7.02. The summed E-state index contributed by atoms with van der Waals surface area (Å²) < 4.78 is 0. The normalized spacial score (nSPS) is 16.8. The molecule has 1 unspecified atom stereocenters. The van der Waals surface area contributed by atoms with Crippen LogP contribution in [0.3, 0.4) is 0 Å². The van der Waals surface area contributed by atoms with Gasteiger partial charge in [-0.2, -0.15) is 0 Å². The van der Waals surface area contributed by atoms with E-state index in [9.17, 15) is 9.59 Å². The monoisotopic (exact) mass is 270 g/mol. The van der Waals surface area contributed by atoms with Gasteiger partial charge in [-0.1, -0.05) is 33.6 Å². The van der Waals surface area contributed by atoms with E-state index in [0.29, 0.717) is 13.0 Å². The Morgan fingerprint density at radius 3 is 2.37 bits per heavy atom. The molecule has 0 saturated heterocycles. The fourth-order valence-electron chi connectivity index (χ4n) is 2.06. The molecule has 1 aliphatic carbocycles. The Morgan fingerprint density at radius 1 is 1.26 bits per heavy atom. The molecule has 3 N–H and O–H groups in total. The third-order valence-electron chi connectivity index (χ3n) is 3.25. The molecule has 1 aliphatic rings. The second-order valence-electron chi connectivity index (χ2n) is 6.67. The van der Waals surface area contributed by atoms with Crippen LogP contribution >= 0.6 is 0 Å². The van der Waals surface area contributed by atoms with Gasteiger partial charge in [-0.25, -0.2) is 4.79 Å². The van der Waals surface area contributed by atoms with Crippen LogP contribution in [0.2, 0.25) is 0 Å². The molecule has 0 aromatic rings. The Morgan fingerprint density at radius 2 is 1.89 bits per heavy atom. The van der Waals surface area contributed by atoms with Crippen molar-refractivity contribution in [2.24, 2.45) is 17.3 Å². The highest BCUT2D eigenvalue weighted by molar-refractivity contribution is 5.75. The lowest BCUT2D eigenvalue weighted by Gasteiger charge is -2.23. The number of carbonyl (C=O) groups is 2. The summed E-state index contributed by atoms with van der Waals surface area (Å²) in [5.74, 6) is -0.602. The zero-order valence-electron chi connectivity index (χ0n) is 12.2. The molecule has 19 heavy (non-hydrogen) atoms. The molecule has 0 heterocycles. The van der Waals surface area contributed by atoms with E-state index in [1.54, 1.807) is 0 Å². The van der Waals surface area contributed by atoms with Gasteiger partial charge >= 0.3 is 12.0 Å². The molecule has 0 spiro atoms. The van der Waals surface area contributed by atoms with Gasteiger partial charge in [0.2, 0.25) is 0 Å². The van der Waals surface area contributed by atoms with Crippen LogP contribution in [0.4, 0.5) is 4.79 Å². The van der Waals surface area contributed by atoms with Gasteiger partial charge in [0.1, 0.15) is 0 Å². The number of aliphatic carboxylic acids is 1. The van der Waals surface area contributed by atoms with E-state index in [-0.39, 0.29) is 18.0 Å². The van der Waals surface area contributed by atoms with Crippen molar-refractivity contribution in [1.29, 1.82) is 0 Å². The molecule has 110 valence electrons. The Bertz CT molecular complexity index is 319. The Kier molecular flexibility index (Phi) is 5.63. The first kappa shape index (κ1) is 15.8. The number of carboxylic acid groups (broad SMARTS) is 1. The van der Waals surface area contributed by atoms with E-state index >= 15 is 0 Å². The number of carbonyl (C=O) groups excluding carboxylic acids is 1. The first-order valence-electron chi connectivity index (χ1n) is 7.02. The molecular weight excluding hydrogens is 244 g/mol. The van der Waals surface area contributed by atoms with Gasteiger partial charge in [0.15, 0.2) is 0 Å². The summed E-state index contributed by atoms with van der Waals surface area (Å²) in [6, 6.07) is -0.263. The molecule has 1 saturated carbocycles. The molecular formula is C14H26N2O3. The van der Waals surface area contributed by atoms with Gasteiger partial charge in [-0.3, -0.25) is 4.79 Å². The van der Waals surface area contributed by atoms with Gasteiger partial charge in [-0.05, 0) is 24.2 Å². The Balaban J connectivity index is 2.21. The van der Waals surface area contributed by atoms with Gasteiger partial charge in [0.25, 0.3) is 0 Å². The Labute approximate surface area is 115 Å². The van der Waals surface area contributed by atoms with Crippen molar-refractivity contribution in [2.75, 3.05) is 13.1 Å². The summed E-state index contributed by atoms with van der Waals surface area (Å²) in [4.78, 5) is 22.7. The van der Waals surface area contributed by atoms with E-state index in [1.807, 2.05) is 20.8 Å². The molecule has 1 rings (SSSR count). The van der Waals surface area contributed by atoms with E-state index in [1.165, 1.54) is 12.8 Å². The summed E-state index contributed by atoms with van der Waals surface area (Å²) in [7, 11) is 0. The minimum absolute atomic E-state index is 0.0623. The number of urea groups is 1. The van der Waals surface area contributed by atoms with E-state index in [4.69, 9.17) is 5.11 Å². The maximum atomic E-state index is 11.5. The van der Waals surface area contributed by atoms with Crippen LogP contribution in [0.25, 0.3) is 0 Å². The van der Waals surface area contributed by atoms with E-state index in [0.717, 1.165) is 12.3 Å². The van der Waals surface area contributed by atoms with Crippen molar-refractivity contribution in [2.45, 2.75) is 46.5 Å². The van der Waals surface area contributed by atoms with Crippen LogP contribution in [0.15, 0.2) is 0 Å². The lowest BCUT2D eigenvalue weighted by Crippen LogP contribution is -2.41. The van der Waals surface area contributed by atoms with Crippen LogP contribution in [0, 0.1) is 17.3 Å². The van der Waals surface area contributed by atoms with Gasteiger partial charge in [0, 0.05) is 13.1 Å². The number of hydrogen-bond acceptors (Lipinski definition) is 2. The zero-order valence-corrected chi connectivity index (χ0v) is 12.2. The summed E-state index contributed by atoms with van der Waals surface area (Å²) in [6.45, 7) is 6.85. The standard InChI is InChI=1S/C14H26N2O3/c1-14(2,3)8-11(12(17)18)9-16-13(19)15-7-6-10-4-5-10/h10-11H,4-9H2,1-3H3,(H,17,18)(H2,15,16,19). The summed E-state index contributed by atoms with van der Waals surface area (Å²) >= 11 is 0. The summed E-state index contributed by atoms with van der Waals surface area (Å²) in [5, 5.41) is 14.6. The first-order chi connectivity index (χ1) is 8.78. The highest BCUT2D eigenvalue weighted by Crippen LogP contribution is 2.31. The number of hydrogen-bond donors (Lipinski definition) is 3. The lowest BCUT2D eigenvalue weighted by atomic mass is 9.84. The molecule has 0 aliphatic heterocycles. The van der Waals surface area contributed by atoms with E-state index < -0.39 is 11.9 Å². The molecule has 0 aromatic carbocycles. The van der Waals surface area contributed by atoms with Crippen LogP contribution in [-0.4, -0.2) is 30.2 Å². The molecule has 1 atom stereocenters. The highest BCUT2D eigenvalue weighted by atomic mass is 16.4. The van der Waals surface area contributed by atoms with Crippen molar-refractivity contribution in [1.82, 2.24) is 10.6 Å². The van der Waals surface area contributed by atoms with Crippen LogP contribution in [0.5, 0.6) is 0 Å². The molecule has 1 fully saturated rings. The van der Waals surface area contributed by atoms with Crippen molar-refractivity contribution >= 4 is 12.0 Å². The third kappa shape index (κ3) is 7.70. The fraction of sp³-hybridized carbons (Fsp3) is 0.857. The maximum Gasteiger partial charge on any atom is 0.314 e. The predicted molar refractivity (Wildman–Crippen MR) is 73.9 cm³/mol. The molecule has 5 heteroatoms. The van der Waals surface area contributed by atoms with E-state index in [2.05, 4.69) is 10.6 Å². The number of carboxylic acids is 1. The van der Waals surface area contributed by atoms with Gasteiger partial charge in [-0.15, -0.1) is 0 Å². The fourth-order valence-corrected chi connectivity index (χ4v) is 2.06. The second kappa shape index (κ2) is 6.78. The van der Waals surface area contributed by atoms with Gasteiger partial charge < -0.3 is 15.7 Å². The number of nitrogens with one attached hydrogen (secondary N) is 2. The average molecular weight is 270 g/mol. The highest BCUT2D eigenvalue weighted by Gasteiger charge is 2.25. The van der Waals surface area contributed by atoms with Crippen molar-refractivity contribution in [3.05, 3.63) is 0 Å². The molecule has 0 bridgehead atoms. The number of rotatable bonds is 7.